The van der Waals surface area contributed by atoms with Crippen LogP contribution in [0.1, 0.15) is 20.8 Å². The van der Waals surface area contributed by atoms with Crippen LogP contribution in [-0.4, -0.2) is 13.3 Å². The molecule has 0 atom stereocenters. The highest BCUT2D eigenvalue weighted by molar-refractivity contribution is 5.83. The van der Waals surface area contributed by atoms with Crippen LogP contribution in [0.15, 0.2) is 28.3 Å². The van der Waals surface area contributed by atoms with Crippen molar-refractivity contribution in [1.29, 1.82) is 0 Å². The van der Waals surface area contributed by atoms with Gasteiger partial charge in [-0.25, -0.2) is 0 Å². The molecule has 1 nitrogen and oxygen atoms in total. The molecule has 0 aromatic heterocycles. The van der Waals surface area contributed by atoms with E-state index in [0.717, 1.165) is 0 Å². The van der Waals surface area contributed by atoms with Crippen LogP contribution in [0.3, 0.4) is 0 Å². The highest BCUT2D eigenvalue weighted by atomic mass is 14.6. The average molecular weight is 137 g/mol. The molecule has 0 saturated heterocycles. The molecule has 0 aromatic rings. The molecule has 0 aromatic carbocycles. The maximum absolute atomic E-state index is 3.94. The molecule has 1 heteroatoms. The van der Waals surface area contributed by atoms with Crippen LogP contribution in [0.2, 0.25) is 0 Å². The van der Waals surface area contributed by atoms with Gasteiger partial charge in [0.2, 0.25) is 0 Å². The molecular weight excluding hydrogens is 122 g/mol. The van der Waals surface area contributed by atoms with E-state index in [0.29, 0.717) is 0 Å². The lowest BCUT2D eigenvalue weighted by molar-refractivity contribution is 1.39. The molecule has 0 aliphatic heterocycles. The Bertz CT molecular complexity index is 173. The van der Waals surface area contributed by atoms with Crippen molar-refractivity contribution in [1.82, 2.24) is 0 Å². The van der Waals surface area contributed by atoms with Crippen molar-refractivity contribution in [3.63, 3.8) is 0 Å². The Morgan fingerprint density at radius 2 is 1.80 bits per heavy atom. The highest BCUT2D eigenvalue weighted by Gasteiger charge is 1.90. The molecule has 0 aliphatic carbocycles. The third kappa shape index (κ3) is 2.62. The lowest BCUT2D eigenvalue weighted by atomic mass is 10.1. The topological polar surface area (TPSA) is 12.4 Å². The molecule has 0 saturated carbocycles. The van der Waals surface area contributed by atoms with E-state index in [1.807, 2.05) is 20.1 Å². The van der Waals surface area contributed by atoms with Gasteiger partial charge in [0.05, 0.1) is 0 Å². The van der Waals surface area contributed by atoms with E-state index in [1.165, 1.54) is 11.1 Å². The minimum absolute atomic E-state index is 1.20. The zero-order valence-corrected chi connectivity index (χ0v) is 7.18. The van der Waals surface area contributed by atoms with E-state index in [4.69, 9.17) is 0 Å². The number of hydrogen-bond donors (Lipinski definition) is 0. The van der Waals surface area contributed by atoms with Crippen LogP contribution < -0.4 is 0 Å². The lowest BCUT2D eigenvalue weighted by Gasteiger charge is -1.97. The Morgan fingerprint density at radius 3 is 2.10 bits per heavy atom. The van der Waals surface area contributed by atoms with Gasteiger partial charge in [-0.15, -0.1) is 0 Å². The second-order valence-electron chi connectivity index (χ2n) is 2.10. The van der Waals surface area contributed by atoms with Gasteiger partial charge in [-0.05, 0) is 31.9 Å². The zero-order valence-electron chi connectivity index (χ0n) is 7.18. The first kappa shape index (κ1) is 9.15. The van der Waals surface area contributed by atoms with Gasteiger partial charge in [-0.3, -0.25) is 4.99 Å². The molecule has 56 valence electrons. The summed E-state index contributed by atoms with van der Waals surface area (Å²) >= 11 is 0. The van der Waals surface area contributed by atoms with Gasteiger partial charge in [0, 0.05) is 13.3 Å². The first-order chi connectivity index (χ1) is 4.76. The summed E-state index contributed by atoms with van der Waals surface area (Å²) in [5, 5.41) is 0. The number of hydrogen-bond acceptors (Lipinski definition) is 1. The Kier molecular flexibility index (Phi) is 4.55. The van der Waals surface area contributed by atoms with E-state index < -0.39 is 0 Å². The fraction of sp³-hybridized carbons (Fsp3) is 0.444. The summed E-state index contributed by atoms with van der Waals surface area (Å²) in [6.45, 7) is 6.13. The molecular formula is C9H15N. The van der Waals surface area contributed by atoms with Gasteiger partial charge in [-0.2, -0.15) is 0 Å². The van der Waals surface area contributed by atoms with Gasteiger partial charge in [0.25, 0.3) is 0 Å². The minimum atomic E-state index is 1.20. The third-order valence-electron chi connectivity index (χ3n) is 1.47. The van der Waals surface area contributed by atoms with Crippen LogP contribution in [0.5, 0.6) is 0 Å². The number of allylic oxidation sites excluding steroid dienone is 4. The fourth-order valence-corrected chi connectivity index (χ4v) is 0.710. The third-order valence-corrected chi connectivity index (χ3v) is 1.47. The van der Waals surface area contributed by atoms with Crippen molar-refractivity contribution in [2.75, 3.05) is 7.05 Å². The molecule has 0 N–H and O–H groups in total. The Morgan fingerprint density at radius 1 is 1.20 bits per heavy atom. The normalized spacial score (nSPS) is 14.8. The molecule has 0 heterocycles. The van der Waals surface area contributed by atoms with E-state index in [-0.39, 0.29) is 0 Å². The van der Waals surface area contributed by atoms with Crippen molar-refractivity contribution in [2.24, 2.45) is 4.99 Å². The maximum atomic E-state index is 3.94. The first-order valence-corrected chi connectivity index (χ1v) is 3.48. The quantitative estimate of drug-likeness (QED) is 0.410. The second kappa shape index (κ2) is 4.98. The molecule has 0 radical (unpaired) electrons. The van der Waals surface area contributed by atoms with Gasteiger partial charge in [0.15, 0.2) is 0 Å². The Hall–Kier alpha value is -0.850. The van der Waals surface area contributed by atoms with Crippen LogP contribution >= 0.6 is 0 Å². The summed E-state index contributed by atoms with van der Waals surface area (Å²) in [6.07, 6.45) is 6.01. The Balaban J connectivity index is 4.39. The molecule has 0 fully saturated rings. The van der Waals surface area contributed by atoms with Crippen LogP contribution in [0.25, 0.3) is 0 Å². The van der Waals surface area contributed by atoms with Gasteiger partial charge < -0.3 is 0 Å². The van der Waals surface area contributed by atoms with E-state index in [2.05, 4.69) is 24.1 Å². The fourth-order valence-electron chi connectivity index (χ4n) is 0.710. The highest BCUT2D eigenvalue weighted by Crippen LogP contribution is 2.05. The first-order valence-electron chi connectivity index (χ1n) is 3.48. The zero-order chi connectivity index (χ0) is 7.98. The van der Waals surface area contributed by atoms with Crippen LogP contribution in [0.4, 0.5) is 0 Å². The van der Waals surface area contributed by atoms with Crippen molar-refractivity contribution >= 4 is 6.21 Å². The van der Waals surface area contributed by atoms with Crippen molar-refractivity contribution in [3.05, 3.63) is 23.3 Å². The van der Waals surface area contributed by atoms with Crippen LogP contribution in [-0.2, 0) is 0 Å². The van der Waals surface area contributed by atoms with E-state index in [1.54, 1.807) is 7.05 Å². The van der Waals surface area contributed by atoms with Crippen LogP contribution in [0, 0.1) is 0 Å². The van der Waals surface area contributed by atoms with E-state index >= 15 is 0 Å². The molecule has 0 unspecified atom stereocenters. The minimum Gasteiger partial charge on any atom is -0.296 e. The van der Waals surface area contributed by atoms with Crippen molar-refractivity contribution in [2.45, 2.75) is 20.8 Å². The van der Waals surface area contributed by atoms with Gasteiger partial charge in [-0.1, -0.05) is 12.2 Å². The number of aliphatic imine (C=N–C) groups is 1. The summed E-state index contributed by atoms with van der Waals surface area (Å²) in [5.74, 6) is 0. The monoisotopic (exact) mass is 137 g/mol. The smallest absolute Gasteiger partial charge is 0.0280 e. The average Bonchev–Trinajstić information content (AvgIpc) is 1.99. The molecule has 0 aliphatic rings. The van der Waals surface area contributed by atoms with Gasteiger partial charge >= 0.3 is 0 Å². The SMILES string of the molecule is C/C=C(C)\C(C=NC)=C/C. The summed E-state index contributed by atoms with van der Waals surface area (Å²) in [5.41, 5.74) is 2.47. The summed E-state index contributed by atoms with van der Waals surface area (Å²) in [4.78, 5) is 3.94. The summed E-state index contributed by atoms with van der Waals surface area (Å²) in [7, 11) is 1.78. The largest absolute Gasteiger partial charge is 0.296 e. The van der Waals surface area contributed by atoms with Gasteiger partial charge in [0.1, 0.15) is 0 Å². The predicted octanol–water partition coefficient (Wildman–Crippen LogP) is 2.60. The number of nitrogens with zero attached hydrogens (tertiary/aromatic N) is 1. The molecule has 0 amide bonds. The molecule has 0 spiro atoms. The summed E-state index contributed by atoms with van der Waals surface area (Å²) < 4.78 is 0. The van der Waals surface area contributed by atoms with Crippen molar-refractivity contribution in [3.8, 4) is 0 Å². The predicted molar refractivity (Wildman–Crippen MR) is 47.6 cm³/mol. The maximum Gasteiger partial charge on any atom is 0.0280 e. The standard InChI is InChI=1S/C9H15N/c1-5-8(3)9(6-2)7-10-4/h5-7H,1-4H3/b8-5-,9-6-,10-7?. The summed E-state index contributed by atoms with van der Waals surface area (Å²) in [6, 6.07) is 0. The van der Waals surface area contributed by atoms with Crippen molar-refractivity contribution < 1.29 is 0 Å². The number of rotatable bonds is 2. The lowest BCUT2D eigenvalue weighted by Crippen LogP contribution is -1.85. The molecule has 0 bridgehead atoms. The Labute approximate surface area is 63.2 Å². The second-order valence-corrected chi connectivity index (χ2v) is 2.10. The molecule has 10 heavy (non-hydrogen) atoms. The van der Waals surface area contributed by atoms with E-state index in [9.17, 15) is 0 Å². The molecule has 0 rings (SSSR count).